The van der Waals surface area contributed by atoms with E-state index in [9.17, 15) is 14.4 Å². The van der Waals surface area contributed by atoms with Gasteiger partial charge in [-0.2, -0.15) is 0 Å². The number of nitrogens with zero attached hydrogens (tertiary/aromatic N) is 1. The number of nitrogens with one attached hydrogen (secondary N) is 4. The number of fused-ring (bicyclic) bond motifs is 1. The van der Waals surface area contributed by atoms with Crippen LogP contribution in [0.3, 0.4) is 0 Å². The van der Waals surface area contributed by atoms with E-state index in [4.69, 9.17) is 4.98 Å². The van der Waals surface area contributed by atoms with Crippen molar-refractivity contribution in [2.24, 2.45) is 69.5 Å². The highest BCUT2D eigenvalue weighted by Gasteiger charge is 2.57. The molecule has 1 heterocycles. The van der Waals surface area contributed by atoms with Crippen LogP contribution in [-0.2, 0) is 14.4 Å². The molecule has 8 nitrogen and oxygen atoms in total. The number of hydrogen-bond acceptors (Lipinski definition) is 4. The van der Waals surface area contributed by atoms with Gasteiger partial charge in [-0.05, 0) is 205 Å². The third-order valence-corrected chi connectivity index (χ3v) is 17.0. The van der Waals surface area contributed by atoms with Gasteiger partial charge in [0.05, 0.1) is 27.3 Å². The second kappa shape index (κ2) is 11.4. The Hall–Kier alpha value is -3.68. The minimum absolute atomic E-state index is 0.154. The molecule has 12 bridgehead atoms. The van der Waals surface area contributed by atoms with Gasteiger partial charge in [0.25, 0.3) is 0 Å². The zero-order chi connectivity index (χ0) is 36.0. The van der Waals surface area contributed by atoms with Crippen LogP contribution in [0.2, 0.25) is 0 Å². The summed E-state index contributed by atoms with van der Waals surface area (Å²) in [6.45, 7) is 0. The summed E-state index contributed by atoms with van der Waals surface area (Å²) in [7, 11) is 0. The Labute approximate surface area is 318 Å². The van der Waals surface area contributed by atoms with Crippen LogP contribution in [0.1, 0.15) is 116 Å². The van der Waals surface area contributed by atoms with Crippen LogP contribution in [0, 0.1) is 69.5 Å². The highest BCUT2D eigenvalue weighted by Crippen LogP contribution is 2.63. The molecule has 1 aromatic heterocycles. The summed E-state index contributed by atoms with van der Waals surface area (Å²) < 4.78 is 0. The number of aromatic amines is 1. The molecule has 0 unspecified atom stereocenters. The predicted molar refractivity (Wildman–Crippen MR) is 209 cm³/mol. The quantitative estimate of drug-likeness (QED) is 0.194. The SMILES string of the molecule is O=C(Nc1cc(NC(=O)C23CC4CC(CC(C4)C2)C3)cc(-c2nc3ccc(NC(=O)C45CC6CC(CC(C6)C4)C5)cc3[nH]2)c1)C12CC3CC(CC(C3)C1)C2. The molecule has 15 rings (SSSR count). The Morgan fingerprint density at radius 3 is 1.20 bits per heavy atom. The fourth-order valence-corrected chi connectivity index (χ4v) is 16.1. The molecule has 8 heteroatoms. The molecular weight excluding hydrogens is 671 g/mol. The van der Waals surface area contributed by atoms with Gasteiger partial charge in [-0.15, -0.1) is 0 Å². The average molecular weight is 726 g/mol. The summed E-state index contributed by atoms with van der Waals surface area (Å²) in [5.74, 6) is 7.43. The van der Waals surface area contributed by atoms with Crippen molar-refractivity contribution < 1.29 is 14.4 Å². The highest BCUT2D eigenvalue weighted by atomic mass is 16.2. The van der Waals surface area contributed by atoms with Gasteiger partial charge >= 0.3 is 0 Å². The van der Waals surface area contributed by atoms with Crippen LogP contribution >= 0.6 is 0 Å². The molecule has 3 amide bonds. The van der Waals surface area contributed by atoms with Crippen molar-refractivity contribution in [3.8, 4) is 11.4 Å². The van der Waals surface area contributed by atoms with Gasteiger partial charge in [-0.1, -0.05) is 0 Å². The molecule has 0 saturated heterocycles. The van der Waals surface area contributed by atoms with Crippen LogP contribution in [0.4, 0.5) is 17.1 Å². The van der Waals surface area contributed by atoms with E-state index in [-0.39, 0.29) is 34.0 Å². The van der Waals surface area contributed by atoms with Gasteiger partial charge in [0.1, 0.15) is 5.82 Å². The Bertz CT molecular complexity index is 1910. The van der Waals surface area contributed by atoms with Crippen LogP contribution in [0.5, 0.6) is 0 Å². The first-order valence-corrected chi connectivity index (χ1v) is 21.7. The van der Waals surface area contributed by atoms with Gasteiger partial charge < -0.3 is 20.9 Å². The van der Waals surface area contributed by atoms with Gasteiger partial charge in [0, 0.05) is 22.6 Å². The summed E-state index contributed by atoms with van der Waals surface area (Å²) in [4.78, 5) is 51.0. The van der Waals surface area contributed by atoms with Crippen LogP contribution < -0.4 is 16.0 Å². The Balaban J connectivity index is 0.845. The van der Waals surface area contributed by atoms with E-state index >= 15 is 0 Å². The molecular formula is C46H55N5O3. The number of hydrogen-bond donors (Lipinski definition) is 4. The summed E-state index contributed by atoms with van der Waals surface area (Å²) in [5.41, 5.74) is 3.99. The minimum Gasteiger partial charge on any atom is -0.338 e. The van der Waals surface area contributed by atoms with Crippen molar-refractivity contribution in [1.82, 2.24) is 9.97 Å². The first-order valence-electron chi connectivity index (χ1n) is 21.7. The minimum atomic E-state index is -0.274. The maximum absolute atomic E-state index is 14.3. The van der Waals surface area contributed by atoms with E-state index < -0.39 is 0 Å². The lowest BCUT2D eigenvalue weighted by atomic mass is 9.49. The van der Waals surface area contributed by atoms with Crippen molar-refractivity contribution in [1.29, 1.82) is 0 Å². The van der Waals surface area contributed by atoms with Crippen molar-refractivity contribution in [2.75, 3.05) is 16.0 Å². The van der Waals surface area contributed by atoms with Crippen LogP contribution in [-0.4, -0.2) is 27.7 Å². The number of carbonyl (C=O) groups is 3. The average Bonchev–Trinajstić information content (AvgIpc) is 3.54. The smallest absolute Gasteiger partial charge is 0.230 e. The third-order valence-electron chi connectivity index (χ3n) is 17.0. The Morgan fingerprint density at radius 2 is 0.833 bits per heavy atom. The molecule has 0 radical (unpaired) electrons. The molecule has 0 atom stereocenters. The lowest BCUT2D eigenvalue weighted by Crippen LogP contribution is -2.52. The number of rotatable bonds is 7. The summed E-state index contributed by atoms with van der Waals surface area (Å²) in [6, 6.07) is 12.0. The van der Waals surface area contributed by atoms with Crippen molar-refractivity contribution in [3.05, 3.63) is 36.4 Å². The molecule has 0 spiro atoms. The zero-order valence-corrected chi connectivity index (χ0v) is 31.6. The maximum atomic E-state index is 14.3. The number of carbonyl (C=O) groups excluding carboxylic acids is 3. The van der Waals surface area contributed by atoms with Crippen LogP contribution in [0.15, 0.2) is 36.4 Å². The second-order valence-corrected chi connectivity index (χ2v) is 21.1. The highest BCUT2D eigenvalue weighted by molar-refractivity contribution is 6.00. The molecule has 54 heavy (non-hydrogen) atoms. The molecule has 12 saturated carbocycles. The van der Waals surface area contributed by atoms with Crippen molar-refractivity contribution >= 4 is 45.8 Å². The Morgan fingerprint density at radius 1 is 0.481 bits per heavy atom. The molecule has 4 N–H and O–H groups in total. The first kappa shape index (κ1) is 32.6. The number of amides is 3. The first-order chi connectivity index (χ1) is 26.1. The normalized spacial score (nSPS) is 41.7. The Kier molecular flexibility index (Phi) is 6.90. The summed E-state index contributed by atoms with van der Waals surface area (Å²) in [6.07, 6.45) is 20.9. The van der Waals surface area contributed by atoms with Gasteiger partial charge in [-0.3, -0.25) is 14.4 Å². The number of aromatic nitrogens is 2. The monoisotopic (exact) mass is 725 g/mol. The van der Waals surface area contributed by atoms with Gasteiger partial charge in [-0.25, -0.2) is 4.98 Å². The number of benzene rings is 2. The van der Waals surface area contributed by atoms with E-state index in [0.29, 0.717) is 41.3 Å². The standard InChI is InChI=1S/C46H55N5O3/c52-41(44-16-25-3-26(17-44)5-27(4-25)18-44)47-35-1-2-38-39(15-35)51-40(50-38)34-12-36(48-42(53)45-19-28-6-29(20-45)8-30(7-28)21-45)14-37(13-34)49-43(54)46-22-31-9-32(23-46)11-33(10-31)24-46/h1-2,12-15,25-33H,3-11,16-24H2,(H,47,52)(H,48,53)(H,49,54)(H,50,51). The lowest BCUT2D eigenvalue weighted by Gasteiger charge is -2.55. The van der Waals surface area contributed by atoms with E-state index in [1.807, 2.05) is 36.4 Å². The molecule has 2 aromatic carbocycles. The van der Waals surface area contributed by atoms with Crippen molar-refractivity contribution in [2.45, 2.75) is 116 Å². The van der Waals surface area contributed by atoms with E-state index in [2.05, 4.69) is 20.9 Å². The van der Waals surface area contributed by atoms with Gasteiger partial charge in [0.15, 0.2) is 0 Å². The number of H-pyrrole nitrogens is 1. The van der Waals surface area contributed by atoms with Crippen molar-refractivity contribution in [3.63, 3.8) is 0 Å². The summed E-state index contributed by atoms with van der Waals surface area (Å²) >= 11 is 0. The zero-order valence-electron chi connectivity index (χ0n) is 31.6. The number of imidazole rings is 1. The molecule has 12 aliphatic rings. The molecule has 12 fully saturated rings. The molecule has 282 valence electrons. The molecule has 0 aliphatic heterocycles. The maximum Gasteiger partial charge on any atom is 0.230 e. The topological polar surface area (TPSA) is 116 Å². The van der Waals surface area contributed by atoms with Gasteiger partial charge in [0.2, 0.25) is 17.7 Å². The summed E-state index contributed by atoms with van der Waals surface area (Å²) in [5, 5.41) is 10.1. The third kappa shape index (κ3) is 5.19. The molecule has 12 aliphatic carbocycles. The largest absolute Gasteiger partial charge is 0.338 e. The lowest BCUT2D eigenvalue weighted by molar-refractivity contribution is -0.141. The van der Waals surface area contributed by atoms with E-state index in [0.717, 1.165) is 109 Å². The second-order valence-electron chi connectivity index (χ2n) is 21.1. The van der Waals surface area contributed by atoms with E-state index in [1.165, 1.54) is 57.8 Å². The fraction of sp³-hybridized carbons (Fsp3) is 0.652. The fourth-order valence-electron chi connectivity index (χ4n) is 16.1. The molecule has 3 aromatic rings. The van der Waals surface area contributed by atoms with E-state index in [1.54, 1.807) is 0 Å². The van der Waals surface area contributed by atoms with Crippen LogP contribution in [0.25, 0.3) is 22.4 Å². The number of anilines is 3. The predicted octanol–water partition coefficient (Wildman–Crippen LogP) is 9.69.